The van der Waals surface area contributed by atoms with E-state index < -0.39 is 0 Å². The van der Waals surface area contributed by atoms with Crippen LogP contribution in [0.2, 0.25) is 0 Å². The molecule has 102 valence electrons. The SMILES string of the molecule is CCN(CCOCCC(C)C)c1ccc(N)cc1. The van der Waals surface area contributed by atoms with Crippen LogP contribution in [-0.4, -0.2) is 26.3 Å². The summed E-state index contributed by atoms with van der Waals surface area (Å²) in [6.07, 6.45) is 1.13. The molecule has 1 aromatic rings. The number of rotatable bonds is 8. The third-order valence-corrected chi connectivity index (χ3v) is 2.99. The van der Waals surface area contributed by atoms with Gasteiger partial charge < -0.3 is 15.4 Å². The van der Waals surface area contributed by atoms with E-state index in [2.05, 4.69) is 37.8 Å². The van der Waals surface area contributed by atoms with Gasteiger partial charge in [-0.2, -0.15) is 0 Å². The summed E-state index contributed by atoms with van der Waals surface area (Å²) in [5.74, 6) is 0.712. The zero-order valence-corrected chi connectivity index (χ0v) is 11.9. The summed E-state index contributed by atoms with van der Waals surface area (Å²) in [4.78, 5) is 2.30. The number of nitrogen functional groups attached to an aromatic ring is 1. The minimum absolute atomic E-state index is 0.712. The fourth-order valence-electron chi connectivity index (χ4n) is 1.75. The van der Waals surface area contributed by atoms with Gasteiger partial charge in [-0.15, -0.1) is 0 Å². The molecule has 1 aromatic carbocycles. The number of benzene rings is 1. The van der Waals surface area contributed by atoms with Gasteiger partial charge in [-0.1, -0.05) is 13.8 Å². The number of nitrogens with zero attached hydrogens (tertiary/aromatic N) is 1. The van der Waals surface area contributed by atoms with Crippen molar-refractivity contribution in [2.24, 2.45) is 5.92 Å². The van der Waals surface area contributed by atoms with Crippen molar-refractivity contribution in [1.29, 1.82) is 0 Å². The van der Waals surface area contributed by atoms with E-state index in [1.54, 1.807) is 0 Å². The Kier molecular flexibility index (Phi) is 6.58. The Morgan fingerprint density at radius 2 is 1.83 bits per heavy atom. The van der Waals surface area contributed by atoms with Crippen molar-refractivity contribution in [1.82, 2.24) is 0 Å². The third kappa shape index (κ3) is 5.41. The highest BCUT2D eigenvalue weighted by Gasteiger charge is 2.03. The Balaban J connectivity index is 2.31. The molecule has 0 bridgehead atoms. The van der Waals surface area contributed by atoms with Crippen molar-refractivity contribution < 1.29 is 4.74 Å². The van der Waals surface area contributed by atoms with Crippen LogP contribution in [0.3, 0.4) is 0 Å². The molecule has 0 amide bonds. The van der Waals surface area contributed by atoms with Gasteiger partial charge in [0.1, 0.15) is 0 Å². The lowest BCUT2D eigenvalue weighted by Gasteiger charge is -2.23. The van der Waals surface area contributed by atoms with Gasteiger partial charge in [0.05, 0.1) is 6.61 Å². The average Bonchev–Trinajstić information content (AvgIpc) is 2.35. The first-order valence-corrected chi connectivity index (χ1v) is 6.81. The molecule has 0 aliphatic rings. The van der Waals surface area contributed by atoms with Crippen molar-refractivity contribution in [2.75, 3.05) is 36.9 Å². The molecule has 0 aliphatic carbocycles. The molecule has 0 heterocycles. The highest BCUT2D eigenvalue weighted by Crippen LogP contribution is 2.15. The van der Waals surface area contributed by atoms with E-state index in [1.165, 1.54) is 5.69 Å². The molecule has 0 atom stereocenters. The smallest absolute Gasteiger partial charge is 0.0641 e. The molecule has 0 radical (unpaired) electrons. The average molecular weight is 250 g/mol. The fourth-order valence-corrected chi connectivity index (χ4v) is 1.75. The van der Waals surface area contributed by atoms with Crippen molar-refractivity contribution in [3.05, 3.63) is 24.3 Å². The summed E-state index contributed by atoms with van der Waals surface area (Å²) in [6.45, 7) is 10.1. The van der Waals surface area contributed by atoms with Crippen molar-refractivity contribution >= 4 is 11.4 Å². The van der Waals surface area contributed by atoms with E-state index in [0.29, 0.717) is 5.92 Å². The lowest BCUT2D eigenvalue weighted by atomic mass is 10.1. The third-order valence-electron chi connectivity index (χ3n) is 2.99. The molecule has 0 fully saturated rings. The van der Waals surface area contributed by atoms with Gasteiger partial charge in [-0.05, 0) is 43.5 Å². The summed E-state index contributed by atoms with van der Waals surface area (Å²) < 4.78 is 5.66. The van der Waals surface area contributed by atoms with Crippen LogP contribution < -0.4 is 10.6 Å². The van der Waals surface area contributed by atoms with Crippen LogP contribution in [0.15, 0.2) is 24.3 Å². The monoisotopic (exact) mass is 250 g/mol. The van der Waals surface area contributed by atoms with E-state index >= 15 is 0 Å². The largest absolute Gasteiger partial charge is 0.399 e. The van der Waals surface area contributed by atoms with Gasteiger partial charge in [-0.25, -0.2) is 0 Å². The predicted octanol–water partition coefficient (Wildman–Crippen LogP) is 3.16. The Labute approximate surface area is 111 Å². The normalized spacial score (nSPS) is 10.9. The van der Waals surface area contributed by atoms with Crippen molar-refractivity contribution in [2.45, 2.75) is 27.2 Å². The molecule has 0 saturated carbocycles. The summed E-state index contributed by atoms with van der Waals surface area (Å²) in [6, 6.07) is 8.01. The lowest BCUT2D eigenvalue weighted by Crippen LogP contribution is -2.27. The van der Waals surface area contributed by atoms with Crippen LogP contribution in [0.1, 0.15) is 27.2 Å². The molecule has 3 heteroatoms. The van der Waals surface area contributed by atoms with E-state index in [4.69, 9.17) is 10.5 Å². The first kappa shape index (κ1) is 14.8. The second kappa shape index (κ2) is 7.98. The minimum Gasteiger partial charge on any atom is -0.399 e. The maximum atomic E-state index is 5.69. The summed E-state index contributed by atoms with van der Waals surface area (Å²) in [5, 5.41) is 0. The summed E-state index contributed by atoms with van der Waals surface area (Å²) >= 11 is 0. The molecule has 0 aromatic heterocycles. The van der Waals surface area contributed by atoms with Crippen LogP contribution in [0.4, 0.5) is 11.4 Å². The molecule has 0 unspecified atom stereocenters. The van der Waals surface area contributed by atoms with Crippen LogP contribution in [0.25, 0.3) is 0 Å². The number of likely N-dealkylation sites (N-methyl/N-ethyl adjacent to an activating group) is 1. The van der Waals surface area contributed by atoms with E-state index in [9.17, 15) is 0 Å². The molecule has 0 saturated heterocycles. The van der Waals surface area contributed by atoms with Crippen LogP contribution in [-0.2, 0) is 4.74 Å². The highest BCUT2D eigenvalue weighted by molar-refractivity contribution is 5.52. The maximum absolute atomic E-state index is 5.69. The molecular weight excluding hydrogens is 224 g/mol. The molecule has 2 N–H and O–H groups in total. The fraction of sp³-hybridized carbons (Fsp3) is 0.600. The van der Waals surface area contributed by atoms with E-state index in [-0.39, 0.29) is 0 Å². The first-order chi connectivity index (χ1) is 8.63. The maximum Gasteiger partial charge on any atom is 0.0641 e. The Bertz CT molecular complexity index is 322. The molecule has 0 spiro atoms. The van der Waals surface area contributed by atoms with Gasteiger partial charge in [0, 0.05) is 31.1 Å². The van der Waals surface area contributed by atoms with Crippen LogP contribution in [0, 0.1) is 5.92 Å². The standard InChI is InChI=1S/C15H26N2O/c1-4-17(10-12-18-11-9-13(2)3)15-7-5-14(16)6-8-15/h5-8,13H,4,9-12,16H2,1-3H3. The molecule has 3 nitrogen and oxygen atoms in total. The number of hydrogen-bond acceptors (Lipinski definition) is 3. The van der Waals surface area contributed by atoms with Gasteiger partial charge in [-0.3, -0.25) is 0 Å². The van der Waals surface area contributed by atoms with Gasteiger partial charge in [0.15, 0.2) is 0 Å². The number of nitrogens with two attached hydrogens (primary N) is 1. The molecular formula is C15H26N2O. The topological polar surface area (TPSA) is 38.5 Å². The lowest BCUT2D eigenvalue weighted by molar-refractivity contribution is 0.129. The molecule has 1 rings (SSSR count). The van der Waals surface area contributed by atoms with Crippen LogP contribution >= 0.6 is 0 Å². The quantitative estimate of drug-likeness (QED) is 0.569. The number of ether oxygens (including phenoxy) is 1. The van der Waals surface area contributed by atoms with E-state index in [1.807, 2.05) is 12.1 Å². The zero-order chi connectivity index (χ0) is 13.4. The molecule has 0 aliphatic heterocycles. The van der Waals surface area contributed by atoms with Gasteiger partial charge in [0.25, 0.3) is 0 Å². The Morgan fingerprint density at radius 3 is 2.39 bits per heavy atom. The second-order valence-corrected chi connectivity index (χ2v) is 4.97. The van der Waals surface area contributed by atoms with Crippen LogP contribution in [0.5, 0.6) is 0 Å². The van der Waals surface area contributed by atoms with Crippen molar-refractivity contribution in [3.63, 3.8) is 0 Å². The number of hydrogen-bond donors (Lipinski definition) is 1. The minimum atomic E-state index is 0.712. The first-order valence-electron chi connectivity index (χ1n) is 6.81. The summed E-state index contributed by atoms with van der Waals surface area (Å²) in [5.41, 5.74) is 7.71. The molecule has 18 heavy (non-hydrogen) atoms. The second-order valence-electron chi connectivity index (χ2n) is 4.97. The Morgan fingerprint density at radius 1 is 1.17 bits per heavy atom. The van der Waals surface area contributed by atoms with Gasteiger partial charge in [0.2, 0.25) is 0 Å². The Hall–Kier alpha value is -1.22. The van der Waals surface area contributed by atoms with Gasteiger partial charge >= 0.3 is 0 Å². The predicted molar refractivity (Wildman–Crippen MR) is 79.0 cm³/mol. The number of anilines is 2. The summed E-state index contributed by atoms with van der Waals surface area (Å²) in [7, 11) is 0. The van der Waals surface area contributed by atoms with Crippen molar-refractivity contribution in [3.8, 4) is 0 Å². The van der Waals surface area contributed by atoms with E-state index in [0.717, 1.165) is 38.4 Å². The zero-order valence-electron chi connectivity index (χ0n) is 11.9. The highest BCUT2D eigenvalue weighted by atomic mass is 16.5.